The molecule has 1 N–H and O–H groups in total. The first-order valence-corrected chi connectivity index (χ1v) is 6.99. The fourth-order valence-corrected chi connectivity index (χ4v) is 2.11. The number of aliphatic hydroxyl groups is 1. The third-order valence-corrected chi connectivity index (χ3v) is 2.92. The van der Waals surface area contributed by atoms with Crippen molar-refractivity contribution < 1.29 is 18.8 Å². The molecule has 103 valence electrons. The summed E-state index contributed by atoms with van der Waals surface area (Å²) in [5.41, 5.74) is 0. The summed E-state index contributed by atoms with van der Waals surface area (Å²) in [7, 11) is 1.10. The normalized spacial score (nSPS) is 29.4. The van der Waals surface area contributed by atoms with Crippen LogP contribution in [0.2, 0.25) is 0 Å². The van der Waals surface area contributed by atoms with Gasteiger partial charge in [0, 0.05) is 0 Å². The fourth-order valence-electron chi connectivity index (χ4n) is 1.90. The molecule has 1 rings (SSSR count). The second-order valence-electron chi connectivity index (χ2n) is 4.73. The first-order chi connectivity index (χ1) is 9.00. The van der Waals surface area contributed by atoms with Gasteiger partial charge in [0.05, 0.1) is 6.61 Å². The number of hydrogen-bond donors (Lipinski definition) is 1. The van der Waals surface area contributed by atoms with Crippen molar-refractivity contribution >= 4 is 19.0 Å². The van der Waals surface area contributed by atoms with E-state index in [2.05, 4.69) is 6.92 Å². The van der Waals surface area contributed by atoms with Crippen LogP contribution >= 0.6 is 11.9 Å². The summed E-state index contributed by atoms with van der Waals surface area (Å²) in [5.74, 6) is -0.729. The van der Waals surface area contributed by atoms with Gasteiger partial charge in [-0.3, -0.25) is 0 Å². The Labute approximate surface area is 116 Å². The van der Waals surface area contributed by atoms with Crippen molar-refractivity contribution in [2.24, 2.45) is 0 Å². The second kappa shape index (κ2) is 7.55. The van der Waals surface area contributed by atoms with E-state index in [0.717, 1.165) is 31.8 Å². The highest BCUT2D eigenvalue weighted by Crippen LogP contribution is 2.31. The minimum absolute atomic E-state index is 0.271. The van der Waals surface area contributed by atoms with Crippen molar-refractivity contribution in [2.75, 3.05) is 6.61 Å². The smallest absolute Gasteiger partial charge is 0.209 e. The molecule has 0 saturated carbocycles. The standard InChI is InChI=1S/C12H22BO4S/c1-4-5-6-7-9(14)11-10(8-15-18-13)16-12(2,3)17-11/h6-7,9-11,13-14H,4-5,8H2,1-3H3/b7-6-/t9-,10+,11-/m0/s1/i13T. The zero-order valence-corrected chi connectivity index (χ0v) is 12.0. The van der Waals surface area contributed by atoms with Crippen molar-refractivity contribution in [1.82, 2.24) is 0 Å². The van der Waals surface area contributed by atoms with E-state index in [-0.39, 0.29) is 12.7 Å². The predicted molar refractivity (Wildman–Crippen MR) is 74.6 cm³/mol. The van der Waals surface area contributed by atoms with Gasteiger partial charge in [0.1, 0.15) is 18.3 Å². The highest BCUT2D eigenvalue weighted by atomic mass is 32.2. The highest BCUT2D eigenvalue weighted by molar-refractivity contribution is 8.15. The number of aliphatic hydroxyl groups excluding tert-OH is 1. The highest BCUT2D eigenvalue weighted by Gasteiger charge is 2.44. The molecule has 0 aromatic rings. The molecule has 0 bridgehead atoms. The van der Waals surface area contributed by atoms with Gasteiger partial charge in [-0.05, 0) is 21.6 Å². The third kappa shape index (κ3) is 4.94. The van der Waals surface area contributed by atoms with Crippen LogP contribution in [0.1, 0.15) is 33.6 Å². The van der Waals surface area contributed by atoms with E-state index in [1.807, 2.05) is 19.9 Å². The van der Waals surface area contributed by atoms with E-state index in [4.69, 9.17) is 15.0 Å². The van der Waals surface area contributed by atoms with Crippen LogP contribution in [0.4, 0.5) is 0 Å². The third-order valence-electron chi connectivity index (χ3n) is 2.65. The lowest BCUT2D eigenvalue weighted by Gasteiger charge is -2.19. The average molecular weight is 275 g/mol. The van der Waals surface area contributed by atoms with Crippen LogP contribution in [0, 0.1) is 0 Å². The Morgan fingerprint density at radius 3 is 3.06 bits per heavy atom. The molecule has 1 heterocycles. The topological polar surface area (TPSA) is 47.9 Å². The van der Waals surface area contributed by atoms with Crippen LogP contribution in [-0.2, 0) is 13.7 Å². The molecule has 4 nitrogen and oxygen atoms in total. The largest absolute Gasteiger partial charge is 0.386 e. The van der Waals surface area contributed by atoms with Gasteiger partial charge < -0.3 is 18.8 Å². The number of ether oxygens (including phenoxy) is 2. The summed E-state index contributed by atoms with van der Waals surface area (Å²) < 4.78 is 23.5. The van der Waals surface area contributed by atoms with Gasteiger partial charge in [-0.25, -0.2) is 0 Å². The fraction of sp³-hybridized carbons (Fsp3) is 0.833. The molecule has 0 unspecified atom stereocenters. The summed E-state index contributed by atoms with van der Waals surface area (Å²) in [6.45, 7) is 5.98. The Balaban J connectivity index is 2.55. The molecule has 0 aromatic heterocycles. The van der Waals surface area contributed by atoms with Crippen LogP contribution < -0.4 is 0 Å². The molecule has 0 spiro atoms. The quantitative estimate of drug-likeness (QED) is 0.316. The summed E-state index contributed by atoms with van der Waals surface area (Å²) in [4.78, 5) is 0. The molecule has 0 aliphatic carbocycles. The number of rotatable bonds is 8. The lowest BCUT2D eigenvalue weighted by atomic mass is 10.1. The lowest BCUT2D eigenvalue weighted by Crippen LogP contribution is -2.36. The van der Waals surface area contributed by atoms with Gasteiger partial charge >= 0.3 is 0 Å². The first kappa shape index (κ1) is 14.4. The minimum Gasteiger partial charge on any atom is -0.386 e. The summed E-state index contributed by atoms with van der Waals surface area (Å²) >= 11 is 0.937. The summed E-state index contributed by atoms with van der Waals surface area (Å²) in [5, 5.41) is 10.1. The molecule has 18 heavy (non-hydrogen) atoms. The van der Waals surface area contributed by atoms with Crippen LogP contribution in [0.15, 0.2) is 12.2 Å². The summed E-state index contributed by atoms with van der Waals surface area (Å²) in [6, 6.07) is 0. The van der Waals surface area contributed by atoms with E-state index in [1.54, 1.807) is 6.08 Å². The monoisotopic (exact) mass is 275 g/mol. The number of hydrogen-bond acceptors (Lipinski definition) is 5. The first-order valence-electron chi connectivity index (χ1n) is 6.76. The Kier molecular flexibility index (Phi) is 6.04. The molecule has 6 heteroatoms. The molecule has 1 fully saturated rings. The van der Waals surface area contributed by atoms with Crippen molar-refractivity contribution in [3.05, 3.63) is 12.2 Å². The Morgan fingerprint density at radius 1 is 1.61 bits per heavy atom. The molecule has 0 aromatic carbocycles. The van der Waals surface area contributed by atoms with Gasteiger partial charge in [-0.1, -0.05) is 37.4 Å². The van der Waals surface area contributed by atoms with Gasteiger partial charge in [0.25, 0.3) is 0 Å². The predicted octanol–water partition coefficient (Wildman–Crippen LogP) is 1.70. The lowest BCUT2D eigenvalue weighted by molar-refractivity contribution is -0.153. The number of allylic oxidation sites excluding steroid dienone is 1. The van der Waals surface area contributed by atoms with E-state index >= 15 is 0 Å². The zero-order valence-electron chi connectivity index (χ0n) is 12.2. The van der Waals surface area contributed by atoms with Crippen LogP contribution in [-0.4, -0.2) is 44.2 Å². The molecule has 1 aliphatic heterocycles. The molecule has 1 radical (unpaired) electrons. The zero-order chi connectivity index (χ0) is 14.3. The Bertz CT molecular complexity index is 291. The Hall–Kier alpha value is -0.00506. The van der Waals surface area contributed by atoms with Crippen molar-refractivity contribution in [2.45, 2.75) is 57.7 Å². The molecule has 0 amide bonds. The SMILES string of the molecule is [3H][B]SOC[C@H]1OC(C)(C)O[C@H]1[C@@H](O)/C=C\CCC. The van der Waals surface area contributed by atoms with E-state index < -0.39 is 18.0 Å². The van der Waals surface area contributed by atoms with Crippen LogP contribution in [0.5, 0.6) is 0 Å². The molecule has 1 saturated heterocycles. The van der Waals surface area contributed by atoms with E-state index in [1.165, 1.54) is 0 Å². The average Bonchev–Trinajstić information content (AvgIpc) is 2.65. The molecular weight excluding hydrogens is 251 g/mol. The van der Waals surface area contributed by atoms with Gasteiger partial charge in [0.2, 0.25) is 7.09 Å². The van der Waals surface area contributed by atoms with Gasteiger partial charge in [-0.15, -0.1) is 0 Å². The second-order valence-corrected chi connectivity index (χ2v) is 5.15. The maximum atomic E-state index is 10.1. The van der Waals surface area contributed by atoms with E-state index in [9.17, 15) is 5.11 Å². The van der Waals surface area contributed by atoms with Gasteiger partial charge in [0.15, 0.2) is 5.79 Å². The molecule has 3 atom stereocenters. The van der Waals surface area contributed by atoms with Crippen molar-refractivity contribution in [3.63, 3.8) is 0 Å². The minimum atomic E-state index is -0.729. The maximum Gasteiger partial charge on any atom is 0.209 e. The maximum absolute atomic E-state index is 10.1. The number of unbranched alkanes of at least 4 members (excludes halogenated alkanes) is 1. The molecular formula is C12H22BO4S. The van der Waals surface area contributed by atoms with E-state index in [0.29, 0.717) is 0 Å². The van der Waals surface area contributed by atoms with Gasteiger partial charge in [-0.2, -0.15) is 0 Å². The van der Waals surface area contributed by atoms with Crippen LogP contribution in [0.25, 0.3) is 0 Å². The van der Waals surface area contributed by atoms with Crippen molar-refractivity contribution in [1.29, 1.82) is 1.34 Å². The Morgan fingerprint density at radius 2 is 2.39 bits per heavy atom. The van der Waals surface area contributed by atoms with Crippen molar-refractivity contribution in [3.8, 4) is 0 Å². The summed E-state index contributed by atoms with van der Waals surface area (Å²) in [6.07, 6.45) is 4.15. The molecule has 1 aliphatic rings. The van der Waals surface area contributed by atoms with Crippen LogP contribution in [0.3, 0.4) is 0 Å².